The van der Waals surface area contributed by atoms with E-state index in [2.05, 4.69) is 35.6 Å². The molecule has 0 radical (unpaired) electrons. The third kappa shape index (κ3) is 3.10. The monoisotopic (exact) mass is 250 g/mol. The van der Waals surface area contributed by atoms with E-state index in [1.54, 1.807) is 0 Å². The zero-order valence-electron chi connectivity index (χ0n) is 11.4. The Labute approximate surface area is 108 Å². The average Bonchev–Trinajstić information content (AvgIpc) is 2.53. The molecule has 1 fully saturated rings. The Morgan fingerprint density at radius 1 is 1.44 bits per heavy atom. The first-order valence-electron chi connectivity index (χ1n) is 6.57. The zero-order chi connectivity index (χ0) is 13.1. The van der Waals surface area contributed by atoms with Crippen molar-refractivity contribution in [3.63, 3.8) is 0 Å². The van der Waals surface area contributed by atoms with Crippen LogP contribution in [0.5, 0.6) is 0 Å². The molecule has 1 aromatic heterocycles. The van der Waals surface area contributed by atoms with Crippen LogP contribution in [0.15, 0.2) is 6.07 Å². The number of anilines is 2. The summed E-state index contributed by atoms with van der Waals surface area (Å²) >= 11 is 0. The molecule has 1 saturated heterocycles. The van der Waals surface area contributed by atoms with Gasteiger partial charge in [-0.3, -0.25) is 0 Å². The molecular formula is C13H22N4O. The Kier molecular flexibility index (Phi) is 4.01. The van der Waals surface area contributed by atoms with Gasteiger partial charge in [-0.1, -0.05) is 13.8 Å². The first-order valence-corrected chi connectivity index (χ1v) is 6.57. The predicted molar refractivity (Wildman–Crippen MR) is 72.8 cm³/mol. The summed E-state index contributed by atoms with van der Waals surface area (Å²) in [6.07, 6.45) is 1.25. The number of nitrogens with zero attached hydrogens (tertiary/aromatic N) is 3. The number of ether oxygens (including phenoxy) is 1. The van der Waals surface area contributed by atoms with Crippen LogP contribution in [-0.4, -0.2) is 35.8 Å². The summed E-state index contributed by atoms with van der Waals surface area (Å²) in [6.45, 7) is 8.87. The van der Waals surface area contributed by atoms with Crippen LogP contribution in [0, 0.1) is 0 Å². The Hall–Kier alpha value is -1.36. The summed E-state index contributed by atoms with van der Waals surface area (Å²) in [5, 5.41) is 0. The van der Waals surface area contributed by atoms with Gasteiger partial charge in [0.25, 0.3) is 0 Å². The molecule has 2 rings (SSSR count). The molecule has 18 heavy (non-hydrogen) atoms. The Bertz CT molecular complexity index is 408. The van der Waals surface area contributed by atoms with Gasteiger partial charge in [0, 0.05) is 31.7 Å². The van der Waals surface area contributed by atoms with E-state index < -0.39 is 0 Å². The molecule has 0 aromatic carbocycles. The van der Waals surface area contributed by atoms with E-state index in [0.717, 1.165) is 37.8 Å². The minimum Gasteiger partial charge on any atom is -0.384 e. The molecule has 1 aromatic rings. The van der Waals surface area contributed by atoms with E-state index in [-0.39, 0.29) is 12.0 Å². The Balaban J connectivity index is 2.25. The van der Waals surface area contributed by atoms with Gasteiger partial charge in [0.05, 0.1) is 6.10 Å². The molecule has 1 atom stereocenters. The Morgan fingerprint density at radius 3 is 2.94 bits per heavy atom. The molecule has 0 amide bonds. The molecule has 5 heteroatoms. The second-order valence-corrected chi connectivity index (χ2v) is 5.14. The summed E-state index contributed by atoms with van der Waals surface area (Å²) in [7, 11) is 0. The van der Waals surface area contributed by atoms with Crippen LogP contribution in [0.1, 0.15) is 38.9 Å². The maximum atomic E-state index is 5.87. The topological polar surface area (TPSA) is 64.3 Å². The van der Waals surface area contributed by atoms with E-state index >= 15 is 0 Å². The van der Waals surface area contributed by atoms with Crippen molar-refractivity contribution < 1.29 is 4.74 Å². The predicted octanol–water partition coefficient (Wildman–Crippen LogP) is 1.80. The van der Waals surface area contributed by atoms with Gasteiger partial charge in [-0.15, -0.1) is 0 Å². The molecule has 2 heterocycles. The maximum Gasteiger partial charge on any atom is 0.135 e. The van der Waals surface area contributed by atoms with Gasteiger partial charge in [-0.25, -0.2) is 9.97 Å². The third-order valence-electron chi connectivity index (χ3n) is 3.04. The van der Waals surface area contributed by atoms with Crippen molar-refractivity contribution in [3.05, 3.63) is 11.9 Å². The van der Waals surface area contributed by atoms with E-state index in [9.17, 15) is 0 Å². The molecule has 1 aliphatic rings. The van der Waals surface area contributed by atoms with Crippen molar-refractivity contribution in [2.24, 2.45) is 0 Å². The third-order valence-corrected chi connectivity index (χ3v) is 3.04. The number of nitrogens with two attached hydrogens (primary N) is 1. The van der Waals surface area contributed by atoms with Gasteiger partial charge in [-0.05, 0) is 13.3 Å². The highest BCUT2D eigenvalue weighted by Gasteiger charge is 2.18. The van der Waals surface area contributed by atoms with Crippen LogP contribution >= 0.6 is 0 Å². The molecule has 100 valence electrons. The van der Waals surface area contributed by atoms with E-state index in [0.29, 0.717) is 5.82 Å². The van der Waals surface area contributed by atoms with E-state index in [1.807, 2.05) is 6.07 Å². The molecular weight excluding hydrogens is 228 g/mol. The highest BCUT2D eigenvalue weighted by atomic mass is 16.5. The fourth-order valence-electron chi connectivity index (χ4n) is 2.09. The first kappa shape index (κ1) is 13.1. The van der Waals surface area contributed by atoms with Gasteiger partial charge in [0.15, 0.2) is 0 Å². The van der Waals surface area contributed by atoms with Gasteiger partial charge >= 0.3 is 0 Å². The second-order valence-electron chi connectivity index (χ2n) is 5.14. The number of rotatable bonds is 2. The summed E-state index contributed by atoms with van der Waals surface area (Å²) in [6, 6.07) is 1.85. The van der Waals surface area contributed by atoms with Crippen molar-refractivity contribution in [3.8, 4) is 0 Å². The van der Waals surface area contributed by atoms with Crippen LogP contribution in [0.25, 0.3) is 0 Å². The van der Waals surface area contributed by atoms with E-state index in [4.69, 9.17) is 10.5 Å². The Morgan fingerprint density at radius 2 is 2.22 bits per heavy atom. The molecule has 0 saturated carbocycles. The largest absolute Gasteiger partial charge is 0.384 e. The van der Waals surface area contributed by atoms with Gasteiger partial charge in [0.1, 0.15) is 17.5 Å². The fraction of sp³-hybridized carbons (Fsp3) is 0.692. The number of aromatic nitrogens is 2. The van der Waals surface area contributed by atoms with Gasteiger partial charge in [-0.2, -0.15) is 0 Å². The standard InChI is InChI=1S/C13H22N4O/c1-9(2)13-15-11(14)7-12(16-13)17-5-4-6-18-10(3)8-17/h7,9-10H,4-6,8H2,1-3H3,(H2,14,15,16). The van der Waals surface area contributed by atoms with Crippen LogP contribution in [0.4, 0.5) is 11.6 Å². The molecule has 1 unspecified atom stereocenters. The summed E-state index contributed by atoms with van der Waals surface area (Å²) in [5.74, 6) is 2.56. The van der Waals surface area contributed by atoms with Crippen LogP contribution < -0.4 is 10.6 Å². The fourth-order valence-corrected chi connectivity index (χ4v) is 2.09. The molecule has 1 aliphatic heterocycles. The normalized spacial score (nSPS) is 21.1. The second kappa shape index (κ2) is 5.52. The summed E-state index contributed by atoms with van der Waals surface area (Å²) < 4.78 is 5.65. The summed E-state index contributed by atoms with van der Waals surface area (Å²) in [5.41, 5.74) is 5.87. The maximum absolute atomic E-state index is 5.87. The molecule has 2 N–H and O–H groups in total. The minimum atomic E-state index is 0.228. The molecule has 0 spiro atoms. The lowest BCUT2D eigenvalue weighted by molar-refractivity contribution is 0.0820. The number of hydrogen-bond acceptors (Lipinski definition) is 5. The highest BCUT2D eigenvalue weighted by Crippen LogP contribution is 2.20. The van der Waals surface area contributed by atoms with Gasteiger partial charge in [0.2, 0.25) is 0 Å². The smallest absolute Gasteiger partial charge is 0.135 e. The quantitative estimate of drug-likeness (QED) is 0.867. The zero-order valence-corrected chi connectivity index (χ0v) is 11.4. The SMILES string of the molecule is CC1CN(c2cc(N)nc(C(C)C)n2)CCCO1. The lowest BCUT2D eigenvalue weighted by Crippen LogP contribution is -2.31. The summed E-state index contributed by atoms with van der Waals surface area (Å²) in [4.78, 5) is 11.1. The van der Waals surface area contributed by atoms with Crippen molar-refractivity contribution in [2.45, 2.75) is 39.2 Å². The van der Waals surface area contributed by atoms with Crippen molar-refractivity contribution >= 4 is 11.6 Å². The number of hydrogen-bond donors (Lipinski definition) is 1. The van der Waals surface area contributed by atoms with Gasteiger partial charge < -0.3 is 15.4 Å². The van der Waals surface area contributed by atoms with Crippen LogP contribution in [0.2, 0.25) is 0 Å². The van der Waals surface area contributed by atoms with Crippen molar-refractivity contribution in [1.29, 1.82) is 0 Å². The molecule has 5 nitrogen and oxygen atoms in total. The minimum absolute atomic E-state index is 0.228. The average molecular weight is 250 g/mol. The van der Waals surface area contributed by atoms with Crippen LogP contribution in [-0.2, 0) is 4.74 Å². The van der Waals surface area contributed by atoms with Crippen LogP contribution in [0.3, 0.4) is 0 Å². The van der Waals surface area contributed by atoms with Crippen molar-refractivity contribution in [1.82, 2.24) is 9.97 Å². The lowest BCUT2D eigenvalue weighted by Gasteiger charge is -2.24. The van der Waals surface area contributed by atoms with Crippen molar-refractivity contribution in [2.75, 3.05) is 30.3 Å². The molecule has 0 aliphatic carbocycles. The van der Waals surface area contributed by atoms with E-state index in [1.165, 1.54) is 0 Å². The molecule has 0 bridgehead atoms. The number of nitrogen functional groups attached to an aromatic ring is 1. The highest BCUT2D eigenvalue weighted by molar-refractivity contribution is 5.47. The first-order chi connectivity index (χ1) is 8.56. The lowest BCUT2D eigenvalue weighted by atomic mass is 10.2.